The van der Waals surface area contributed by atoms with Crippen molar-refractivity contribution in [1.82, 2.24) is 10.6 Å². The molecule has 1 aliphatic rings. The molecule has 2 atom stereocenters. The van der Waals surface area contributed by atoms with Crippen molar-refractivity contribution >= 4 is 40.8 Å². The van der Waals surface area contributed by atoms with E-state index in [4.69, 9.17) is 11.6 Å². The Morgan fingerprint density at radius 3 is 2.42 bits per heavy atom. The summed E-state index contributed by atoms with van der Waals surface area (Å²) < 4.78 is 0. The highest BCUT2D eigenvalue weighted by Crippen LogP contribution is 2.39. The Balaban J connectivity index is 1.68. The quantitative estimate of drug-likeness (QED) is 0.364. The molecule has 0 fully saturated rings. The summed E-state index contributed by atoms with van der Waals surface area (Å²) in [4.78, 5) is 41.6. The van der Waals surface area contributed by atoms with Gasteiger partial charge in [-0.1, -0.05) is 73.1 Å². The van der Waals surface area contributed by atoms with E-state index in [1.807, 2.05) is 75.4 Å². The summed E-state index contributed by atoms with van der Waals surface area (Å²) in [5.41, 5.74) is 2.71. The van der Waals surface area contributed by atoms with Crippen LogP contribution in [0.4, 0.5) is 16.2 Å². The van der Waals surface area contributed by atoms with E-state index in [-0.39, 0.29) is 24.3 Å². The van der Waals surface area contributed by atoms with Crippen LogP contribution in [0.15, 0.2) is 78.9 Å². The summed E-state index contributed by atoms with van der Waals surface area (Å²) >= 11 is 6.06. The van der Waals surface area contributed by atoms with Crippen molar-refractivity contribution in [3.63, 3.8) is 0 Å². The first-order valence-corrected chi connectivity index (χ1v) is 13.1. The number of anilines is 2. The fourth-order valence-electron chi connectivity index (χ4n) is 4.62. The molecule has 0 bridgehead atoms. The lowest BCUT2D eigenvalue weighted by Crippen LogP contribution is -2.53. The van der Waals surface area contributed by atoms with Crippen LogP contribution in [0.25, 0.3) is 0 Å². The van der Waals surface area contributed by atoms with Crippen molar-refractivity contribution in [2.75, 3.05) is 16.8 Å². The Morgan fingerprint density at radius 2 is 1.71 bits per heavy atom. The van der Waals surface area contributed by atoms with E-state index in [0.29, 0.717) is 22.8 Å². The number of carbonyl (C=O) groups is 3. The number of fused-ring (bicyclic) bond motifs is 1. The van der Waals surface area contributed by atoms with Gasteiger partial charge in [0.05, 0.1) is 0 Å². The number of rotatable bonds is 7. The zero-order valence-corrected chi connectivity index (χ0v) is 22.6. The largest absolute Gasteiger partial charge is 0.350 e. The fourth-order valence-corrected chi connectivity index (χ4v) is 4.81. The second-order valence-corrected chi connectivity index (χ2v) is 10.6. The molecule has 7 nitrogen and oxygen atoms in total. The molecule has 4 amide bonds. The average Bonchev–Trinajstić information content (AvgIpc) is 2.99. The van der Waals surface area contributed by atoms with Gasteiger partial charge in [-0.3, -0.25) is 9.59 Å². The van der Waals surface area contributed by atoms with E-state index in [2.05, 4.69) is 16.0 Å². The second-order valence-electron chi connectivity index (χ2n) is 10.1. The van der Waals surface area contributed by atoms with Crippen LogP contribution in [0.5, 0.6) is 0 Å². The summed E-state index contributed by atoms with van der Waals surface area (Å²) in [5.74, 6) is -0.783. The maximum absolute atomic E-state index is 14.0. The van der Waals surface area contributed by atoms with Crippen molar-refractivity contribution in [2.24, 2.45) is 0 Å². The third kappa shape index (κ3) is 6.53. The minimum Gasteiger partial charge on any atom is -0.350 e. The van der Waals surface area contributed by atoms with Gasteiger partial charge in [-0.25, -0.2) is 4.79 Å². The van der Waals surface area contributed by atoms with Crippen LogP contribution in [-0.2, 0) is 9.59 Å². The first kappa shape index (κ1) is 27.2. The van der Waals surface area contributed by atoms with E-state index < -0.39 is 17.6 Å². The Hall–Kier alpha value is -3.84. The first-order chi connectivity index (χ1) is 18.2. The third-order valence-corrected chi connectivity index (χ3v) is 7.13. The molecule has 0 aromatic heterocycles. The van der Waals surface area contributed by atoms with E-state index in [9.17, 15) is 14.4 Å². The summed E-state index contributed by atoms with van der Waals surface area (Å²) in [6.45, 7) is 5.72. The molecule has 198 valence electrons. The molecule has 0 saturated heterocycles. The molecule has 1 aliphatic heterocycles. The highest BCUT2D eigenvalue weighted by atomic mass is 35.5. The molecule has 0 unspecified atom stereocenters. The highest BCUT2D eigenvalue weighted by Gasteiger charge is 2.37. The van der Waals surface area contributed by atoms with Crippen LogP contribution in [0, 0.1) is 0 Å². The second kappa shape index (κ2) is 11.7. The van der Waals surface area contributed by atoms with E-state index in [1.54, 1.807) is 24.3 Å². The van der Waals surface area contributed by atoms with Gasteiger partial charge in [0, 0.05) is 27.9 Å². The number of hydrogen-bond donors (Lipinski definition) is 3. The van der Waals surface area contributed by atoms with Crippen LogP contribution in [0.1, 0.15) is 50.7 Å². The molecule has 1 heterocycles. The van der Waals surface area contributed by atoms with Crippen molar-refractivity contribution in [3.8, 4) is 0 Å². The molecule has 0 saturated carbocycles. The van der Waals surface area contributed by atoms with Gasteiger partial charge >= 0.3 is 6.03 Å². The number of hydrogen-bond acceptors (Lipinski definition) is 3. The molecule has 8 heteroatoms. The van der Waals surface area contributed by atoms with Gasteiger partial charge in [-0.15, -0.1) is 0 Å². The number of carbonyl (C=O) groups excluding carboxylic acids is 3. The first-order valence-electron chi connectivity index (χ1n) is 12.8. The number of nitrogens with one attached hydrogen (secondary N) is 3. The SMILES string of the molecule is CCC(C)(C)NC(=O)CN1C(=O)[C@H](NC(=O)Nc2cccc(Cl)c2)C[C@H](c2ccccc2)c2ccccc21. The third-order valence-electron chi connectivity index (χ3n) is 6.89. The molecule has 4 rings (SSSR count). The smallest absolute Gasteiger partial charge is 0.319 e. The molecular formula is C30H33ClN4O3. The van der Waals surface area contributed by atoms with Crippen LogP contribution in [-0.4, -0.2) is 36.0 Å². The van der Waals surface area contributed by atoms with Crippen LogP contribution >= 0.6 is 11.6 Å². The van der Waals surface area contributed by atoms with Crippen molar-refractivity contribution in [1.29, 1.82) is 0 Å². The van der Waals surface area contributed by atoms with Gasteiger partial charge in [0.25, 0.3) is 0 Å². The van der Waals surface area contributed by atoms with Gasteiger partial charge in [0.2, 0.25) is 11.8 Å². The number of nitrogens with zero attached hydrogens (tertiary/aromatic N) is 1. The zero-order valence-electron chi connectivity index (χ0n) is 21.8. The molecule has 0 spiro atoms. The van der Waals surface area contributed by atoms with Gasteiger partial charge < -0.3 is 20.9 Å². The van der Waals surface area contributed by atoms with Crippen LogP contribution in [0.3, 0.4) is 0 Å². The monoisotopic (exact) mass is 532 g/mol. The minimum atomic E-state index is -0.876. The van der Waals surface area contributed by atoms with Gasteiger partial charge in [-0.2, -0.15) is 0 Å². The zero-order chi connectivity index (χ0) is 27.3. The Labute approximate surface area is 228 Å². The fraction of sp³-hybridized carbons (Fsp3) is 0.300. The van der Waals surface area contributed by atoms with Gasteiger partial charge in [-0.05, 0) is 62.1 Å². The van der Waals surface area contributed by atoms with E-state index >= 15 is 0 Å². The van der Waals surface area contributed by atoms with Crippen LogP contribution < -0.4 is 20.9 Å². The van der Waals surface area contributed by atoms with Crippen molar-refractivity contribution in [2.45, 2.75) is 51.1 Å². The molecule has 3 aromatic carbocycles. The van der Waals surface area contributed by atoms with E-state index in [1.165, 1.54) is 4.90 Å². The predicted molar refractivity (Wildman–Crippen MR) is 152 cm³/mol. The number of amides is 4. The number of para-hydroxylation sites is 1. The number of urea groups is 1. The lowest BCUT2D eigenvalue weighted by molar-refractivity contribution is -0.125. The normalized spacial score (nSPS) is 17.3. The lowest BCUT2D eigenvalue weighted by Gasteiger charge is -2.29. The molecule has 0 radical (unpaired) electrons. The van der Waals surface area contributed by atoms with Gasteiger partial charge in [0.15, 0.2) is 0 Å². The summed E-state index contributed by atoms with van der Waals surface area (Å²) in [5, 5.41) is 9.12. The average molecular weight is 533 g/mol. The van der Waals surface area contributed by atoms with Crippen molar-refractivity contribution < 1.29 is 14.4 Å². The van der Waals surface area contributed by atoms with E-state index in [0.717, 1.165) is 17.5 Å². The molecule has 38 heavy (non-hydrogen) atoms. The minimum absolute atomic E-state index is 0.158. The topological polar surface area (TPSA) is 90.5 Å². The number of halogens is 1. The highest BCUT2D eigenvalue weighted by molar-refractivity contribution is 6.30. The summed E-state index contributed by atoms with van der Waals surface area (Å²) in [7, 11) is 0. The summed E-state index contributed by atoms with van der Waals surface area (Å²) in [6, 6.07) is 22.9. The molecule has 3 N–H and O–H groups in total. The van der Waals surface area contributed by atoms with Gasteiger partial charge in [0.1, 0.15) is 12.6 Å². The lowest BCUT2D eigenvalue weighted by atomic mass is 9.86. The number of benzene rings is 3. The predicted octanol–water partition coefficient (Wildman–Crippen LogP) is 5.70. The Bertz CT molecular complexity index is 1310. The van der Waals surface area contributed by atoms with Crippen LogP contribution in [0.2, 0.25) is 5.02 Å². The maximum atomic E-state index is 14.0. The Morgan fingerprint density at radius 1 is 1.00 bits per heavy atom. The van der Waals surface area contributed by atoms with Crippen molar-refractivity contribution in [3.05, 3.63) is 95.0 Å². The maximum Gasteiger partial charge on any atom is 0.319 e. The molecular weight excluding hydrogens is 500 g/mol. The summed E-state index contributed by atoms with van der Waals surface area (Å²) in [6.07, 6.45) is 1.08. The standard InChI is InChI=1S/C30H33ClN4O3/c1-4-30(2,3)34-27(36)19-35-26-16-9-8-15-23(26)24(20-11-6-5-7-12-20)18-25(28(35)37)33-29(38)32-22-14-10-13-21(31)17-22/h5-17,24-25H,4,18-19H2,1-3H3,(H,34,36)(H2,32,33,38)/t24-,25-/m1/s1. The molecule has 3 aromatic rings. The Kier molecular flexibility index (Phi) is 8.37. The molecule has 0 aliphatic carbocycles.